The molecule has 0 saturated carbocycles. The zero-order chi connectivity index (χ0) is 23.7. The molecule has 33 heavy (non-hydrogen) atoms. The number of nitrogens with zero attached hydrogens (tertiary/aromatic N) is 4. The van der Waals surface area contributed by atoms with Crippen LogP contribution >= 0.6 is 0 Å². The molecule has 1 aliphatic rings. The third kappa shape index (κ3) is 4.43. The minimum Gasteiger partial charge on any atom is -0.447 e. The molecule has 0 radical (unpaired) electrons. The number of alkyl halides is 1. The summed E-state index contributed by atoms with van der Waals surface area (Å²) in [5, 5.41) is 2.76. The second-order valence-corrected chi connectivity index (χ2v) is 7.53. The molecule has 0 unspecified atom stereocenters. The zero-order valence-corrected chi connectivity index (χ0v) is 17.7. The number of anilines is 2. The highest BCUT2D eigenvalue weighted by Crippen LogP contribution is 2.30. The number of halogens is 4. The summed E-state index contributed by atoms with van der Waals surface area (Å²) < 4.78 is 61.9. The maximum atomic E-state index is 14.9. The topological polar surface area (TPSA) is 80.2 Å². The SMILES string of the molecule is Cc1cc(-c2cc(F)c([C@H](C)Nc3ncc(F)c(N4C(=O)OC[C@@H]4CF)n3)cc2F)ccn1. The van der Waals surface area contributed by atoms with Crippen molar-refractivity contribution < 1.29 is 27.1 Å². The van der Waals surface area contributed by atoms with Crippen LogP contribution < -0.4 is 10.2 Å². The first-order valence-corrected chi connectivity index (χ1v) is 10.0. The van der Waals surface area contributed by atoms with Crippen LogP contribution in [0.2, 0.25) is 0 Å². The Morgan fingerprint density at radius 1 is 1.18 bits per heavy atom. The van der Waals surface area contributed by atoms with Crippen molar-refractivity contribution in [2.24, 2.45) is 0 Å². The van der Waals surface area contributed by atoms with E-state index in [2.05, 4.69) is 20.3 Å². The minimum absolute atomic E-state index is 0.0151. The molecule has 4 rings (SSSR count). The Balaban J connectivity index is 1.60. The van der Waals surface area contributed by atoms with Crippen LogP contribution in [-0.2, 0) is 4.74 Å². The molecule has 1 saturated heterocycles. The highest BCUT2D eigenvalue weighted by atomic mass is 19.1. The number of cyclic esters (lactones) is 1. The molecule has 11 heteroatoms. The van der Waals surface area contributed by atoms with E-state index in [1.54, 1.807) is 19.1 Å². The second kappa shape index (κ2) is 9.00. The van der Waals surface area contributed by atoms with E-state index >= 15 is 0 Å². The van der Waals surface area contributed by atoms with Crippen LogP contribution in [0.3, 0.4) is 0 Å². The summed E-state index contributed by atoms with van der Waals surface area (Å²) in [7, 11) is 0. The van der Waals surface area contributed by atoms with E-state index in [0.29, 0.717) is 11.3 Å². The van der Waals surface area contributed by atoms with Gasteiger partial charge in [-0.3, -0.25) is 4.98 Å². The maximum absolute atomic E-state index is 14.9. The first kappa shape index (κ1) is 22.4. The Morgan fingerprint density at radius 3 is 2.70 bits per heavy atom. The van der Waals surface area contributed by atoms with Crippen LogP contribution in [0.15, 0.2) is 36.7 Å². The van der Waals surface area contributed by atoms with Gasteiger partial charge in [-0.2, -0.15) is 4.98 Å². The number of aromatic nitrogens is 3. The molecule has 3 aromatic rings. The van der Waals surface area contributed by atoms with Crippen molar-refractivity contribution in [3.63, 3.8) is 0 Å². The largest absolute Gasteiger partial charge is 0.447 e. The van der Waals surface area contributed by atoms with E-state index in [0.717, 1.165) is 23.2 Å². The highest BCUT2D eigenvalue weighted by molar-refractivity contribution is 5.89. The van der Waals surface area contributed by atoms with Crippen LogP contribution in [0.5, 0.6) is 0 Å². The summed E-state index contributed by atoms with van der Waals surface area (Å²) in [6, 6.07) is 3.51. The number of amides is 1. The number of pyridine rings is 1. The van der Waals surface area contributed by atoms with Gasteiger partial charge >= 0.3 is 6.09 Å². The standard InChI is InChI=1S/C22H19F4N5O2/c1-11-5-13(3-4-27-11)16-7-17(24)15(6-18(16)25)12(2)29-21-28-9-19(26)20(30-21)31-14(8-23)10-33-22(31)32/h3-7,9,12,14H,8,10H2,1-2H3,(H,28,29,30)/t12-,14-/m0/s1. The lowest BCUT2D eigenvalue weighted by atomic mass is 10.00. The number of carbonyl (C=O) groups is 1. The number of rotatable bonds is 6. The molecule has 3 heterocycles. The van der Waals surface area contributed by atoms with Crippen LogP contribution in [-0.4, -0.2) is 40.4 Å². The number of benzene rings is 1. The average molecular weight is 461 g/mol. The lowest BCUT2D eigenvalue weighted by Crippen LogP contribution is -2.36. The number of nitrogens with one attached hydrogen (secondary N) is 1. The normalized spacial score (nSPS) is 16.6. The molecule has 1 aliphatic heterocycles. The molecule has 172 valence electrons. The highest BCUT2D eigenvalue weighted by Gasteiger charge is 2.37. The summed E-state index contributed by atoms with van der Waals surface area (Å²) in [5.74, 6) is -2.91. The first-order chi connectivity index (χ1) is 15.8. The summed E-state index contributed by atoms with van der Waals surface area (Å²) in [6.07, 6.45) is 1.36. The van der Waals surface area contributed by atoms with Crippen molar-refractivity contribution in [2.75, 3.05) is 23.5 Å². The van der Waals surface area contributed by atoms with Gasteiger partial charge in [0.2, 0.25) is 5.95 Å². The quantitative estimate of drug-likeness (QED) is 0.535. The van der Waals surface area contributed by atoms with E-state index in [4.69, 9.17) is 4.74 Å². The van der Waals surface area contributed by atoms with Gasteiger partial charge < -0.3 is 10.1 Å². The van der Waals surface area contributed by atoms with E-state index in [1.165, 1.54) is 13.1 Å². The Labute approximate surface area is 186 Å². The van der Waals surface area contributed by atoms with Gasteiger partial charge in [0.15, 0.2) is 11.6 Å². The van der Waals surface area contributed by atoms with Crippen molar-refractivity contribution in [1.82, 2.24) is 15.0 Å². The van der Waals surface area contributed by atoms with Crippen LogP contribution in [0.1, 0.15) is 24.2 Å². The van der Waals surface area contributed by atoms with E-state index < -0.39 is 48.1 Å². The lowest BCUT2D eigenvalue weighted by Gasteiger charge is -2.20. The lowest BCUT2D eigenvalue weighted by molar-refractivity contribution is 0.177. The Kier molecular flexibility index (Phi) is 6.12. The van der Waals surface area contributed by atoms with Crippen LogP contribution in [0.4, 0.5) is 34.1 Å². The Morgan fingerprint density at radius 2 is 1.97 bits per heavy atom. The monoisotopic (exact) mass is 461 g/mol. The molecule has 0 bridgehead atoms. The number of aryl methyl sites for hydroxylation is 1. The summed E-state index contributed by atoms with van der Waals surface area (Å²) in [6.45, 7) is 2.08. The van der Waals surface area contributed by atoms with Crippen LogP contribution in [0.25, 0.3) is 11.1 Å². The predicted octanol–water partition coefficient (Wildman–Crippen LogP) is 4.73. The molecule has 2 atom stereocenters. The van der Waals surface area contributed by atoms with E-state index in [1.807, 2.05) is 0 Å². The predicted molar refractivity (Wildman–Crippen MR) is 112 cm³/mol. The molecule has 1 amide bonds. The minimum atomic E-state index is -1.02. The number of carbonyl (C=O) groups excluding carboxylic acids is 1. The molecule has 1 aromatic carbocycles. The molecule has 0 spiro atoms. The number of hydrogen-bond donors (Lipinski definition) is 1. The fourth-order valence-corrected chi connectivity index (χ4v) is 3.53. The fraction of sp³-hybridized carbons (Fsp3) is 0.273. The van der Waals surface area contributed by atoms with Gasteiger partial charge in [0.05, 0.1) is 12.2 Å². The van der Waals surface area contributed by atoms with Crippen molar-refractivity contribution in [1.29, 1.82) is 0 Å². The van der Waals surface area contributed by atoms with Crippen molar-refractivity contribution in [2.45, 2.75) is 25.9 Å². The smallest absolute Gasteiger partial charge is 0.416 e. The molecule has 1 fully saturated rings. The fourth-order valence-electron chi connectivity index (χ4n) is 3.53. The van der Waals surface area contributed by atoms with Crippen molar-refractivity contribution >= 4 is 17.9 Å². The Hall–Kier alpha value is -3.76. The van der Waals surface area contributed by atoms with E-state index in [-0.39, 0.29) is 23.7 Å². The molecular weight excluding hydrogens is 442 g/mol. The van der Waals surface area contributed by atoms with Gasteiger partial charge in [-0.15, -0.1) is 0 Å². The molecule has 0 aliphatic carbocycles. The Bertz CT molecular complexity index is 1210. The van der Waals surface area contributed by atoms with Gasteiger partial charge in [-0.05, 0) is 43.7 Å². The third-order valence-corrected chi connectivity index (χ3v) is 5.20. The van der Waals surface area contributed by atoms with Crippen LogP contribution in [0, 0.1) is 24.4 Å². The van der Waals surface area contributed by atoms with E-state index in [9.17, 15) is 22.4 Å². The van der Waals surface area contributed by atoms with Gasteiger partial charge in [0, 0.05) is 23.0 Å². The zero-order valence-electron chi connectivity index (χ0n) is 17.7. The van der Waals surface area contributed by atoms with Gasteiger partial charge in [-0.1, -0.05) is 0 Å². The molecule has 1 N–H and O–H groups in total. The summed E-state index contributed by atoms with van der Waals surface area (Å²) in [4.78, 5) is 24.4. The second-order valence-electron chi connectivity index (χ2n) is 7.53. The van der Waals surface area contributed by atoms with Gasteiger partial charge in [0.1, 0.15) is 31.0 Å². The summed E-state index contributed by atoms with van der Waals surface area (Å²) >= 11 is 0. The number of hydrogen-bond acceptors (Lipinski definition) is 6. The molecule has 7 nitrogen and oxygen atoms in total. The molecule has 2 aromatic heterocycles. The first-order valence-electron chi connectivity index (χ1n) is 10.0. The number of ether oxygens (including phenoxy) is 1. The third-order valence-electron chi connectivity index (χ3n) is 5.20. The van der Waals surface area contributed by atoms with Gasteiger partial charge in [-0.25, -0.2) is 32.2 Å². The average Bonchev–Trinajstić information content (AvgIpc) is 3.16. The summed E-state index contributed by atoms with van der Waals surface area (Å²) in [5.41, 5.74) is 1.21. The van der Waals surface area contributed by atoms with Crippen molar-refractivity contribution in [3.05, 3.63) is 65.4 Å². The maximum Gasteiger partial charge on any atom is 0.416 e. The van der Waals surface area contributed by atoms with Crippen molar-refractivity contribution in [3.8, 4) is 11.1 Å². The van der Waals surface area contributed by atoms with Gasteiger partial charge in [0.25, 0.3) is 0 Å². The molecular formula is C22H19F4N5O2.